The number of rotatable bonds is 8. The Balaban J connectivity index is 1.60. The van der Waals surface area contributed by atoms with Crippen molar-refractivity contribution >= 4 is 38.1 Å². The minimum atomic E-state index is -3.48. The van der Waals surface area contributed by atoms with Crippen LogP contribution in [0.25, 0.3) is 10.8 Å². The van der Waals surface area contributed by atoms with Crippen LogP contribution >= 0.6 is 0 Å². The molecule has 0 unspecified atom stereocenters. The summed E-state index contributed by atoms with van der Waals surface area (Å²) >= 11 is 0. The van der Waals surface area contributed by atoms with Gasteiger partial charge in [-0.25, -0.2) is 8.42 Å². The summed E-state index contributed by atoms with van der Waals surface area (Å²) in [5.74, 6) is -0.180. The van der Waals surface area contributed by atoms with Crippen molar-refractivity contribution in [1.29, 1.82) is 0 Å². The number of hydrogen-bond donors (Lipinski definition) is 2. The molecule has 0 aliphatic heterocycles. The zero-order valence-electron chi connectivity index (χ0n) is 16.6. The number of benzene rings is 3. The van der Waals surface area contributed by atoms with Gasteiger partial charge in [0.25, 0.3) is 0 Å². The summed E-state index contributed by atoms with van der Waals surface area (Å²) in [6.07, 6.45) is 0. The molecule has 0 saturated heterocycles. The Morgan fingerprint density at radius 3 is 2.14 bits per heavy atom. The number of fused-ring (bicyclic) bond motifs is 1. The molecule has 6 nitrogen and oxygen atoms in total. The van der Waals surface area contributed by atoms with Gasteiger partial charge in [-0.05, 0) is 47.2 Å². The van der Waals surface area contributed by atoms with Gasteiger partial charge in [0.05, 0.1) is 11.4 Å². The highest BCUT2D eigenvalue weighted by Gasteiger charge is 2.21. The molecule has 0 fully saturated rings. The van der Waals surface area contributed by atoms with Gasteiger partial charge < -0.3 is 10.6 Å². The minimum absolute atomic E-state index is 0.0783. The fourth-order valence-electron chi connectivity index (χ4n) is 3.11. The predicted octanol–water partition coefficient (Wildman–Crippen LogP) is 3.92. The van der Waals surface area contributed by atoms with Gasteiger partial charge in [0.2, 0.25) is 15.9 Å². The van der Waals surface area contributed by atoms with Crippen LogP contribution in [0.4, 0.5) is 11.4 Å². The molecule has 0 aliphatic rings. The third-order valence-corrected chi connectivity index (χ3v) is 6.75. The second-order valence-corrected chi connectivity index (χ2v) is 8.52. The van der Waals surface area contributed by atoms with Gasteiger partial charge in [-0.3, -0.25) is 4.79 Å². The number of hydrogen-bond acceptors (Lipinski definition) is 4. The van der Waals surface area contributed by atoms with Crippen LogP contribution in [0, 0.1) is 0 Å². The van der Waals surface area contributed by atoms with Crippen molar-refractivity contribution < 1.29 is 13.2 Å². The summed E-state index contributed by atoms with van der Waals surface area (Å²) in [5.41, 5.74) is 1.41. The molecular formula is C22H25N3O3S. The van der Waals surface area contributed by atoms with E-state index in [-0.39, 0.29) is 17.3 Å². The standard InChI is InChI=1S/C22H25N3O3S/c1-3-25(4-2)29(27,28)21-13-11-19(12-14-21)23-16-22(26)24-20-10-9-17-7-5-6-8-18(17)15-20/h5-15,23H,3-4,16H2,1-2H3,(H,24,26). The maximum atomic E-state index is 12.5. The minimum Gasteiger partial charge on any atom is -0.376 e. The summed E-state index contributed by atoms with van der Waals surface area (Å²) in [6, 6.07) is 20.2. The molecule has 0 spiro atoms. The van der Waals surface area contributed by atoms with Crippen LogP contribution in [-0.2, 0) is 14.8 Å². The molecular weight excluding hydrogens is 386 g/mol. The van der Waals surface area contributed by atoms with Crippen LogP contribution in [0.3, 0.4) is 0 Å². The maximum Gasteiger partial charge on any atom is 0.243 e. The number of amides is 1. The lowest BCUT2D eigenvalue weighted by molar-refractivity contribution is -0.114. The van der Waals surface area contributed by atoms with Crippen LogP contribution in [0.2, 0.25) is 0 Å². The van der Waals surface area contributed by atoms with Gasteiger partial charge in [-0.2, -0.15) is 4.31 Å². The number of nitrogens with one attached hydrogen (secondary N) is 2. The number of nitrogens with zero attached hydrogens (tertiary/aromatic N) is 1. The van der Waals surface area contributed by atoms with Crippen LogP contribution < -0.4 is 10.6 Å². The van der Waals surface area contributed by atoms with Gasteiger partial charge >= 0.3 is 0 Å². The Bertz CT molecular complexity index is 1090. The van der Waals surface area contributed by atoms with Crippen molar-refractivity contribution in [2.24, 2.45) is 0 Å². The van der Waals surface area contributed by atoms with E-state index < -0.39 is 10.0 Å². The summed E-state index contributed by atoms with van der Waals surface area (Å²) in [5, 5.41) is 8.06. The highest BCUT2D eigenvalue weighted by molar-refractivity contribution is 7.89. The zero-order chi connectivity index (χ0) is 20.9. The second-order valence-electron chi connectivity index (χ2n) is 6.58. The van der Waals surface area contributed by atoms with E-state index in [9.17, 15) is 13.2 Å². The Morgan fingerprint density at radius 2 is 1.48 bits per heavy atom. The highest BCUT2D eigenvalue weighted by atomic mass is 32.2. The van der Waals surface area contributed by atoms with Crippen LogP contribution in [0.15, 0.2) is 71.6 Å². The van der Waals surface area contributed by atoms with E-state index >= 15 is 0 Å². The van der Waals surface area contributed by atoms with E-state index in [0.717, 1.165) is 16.5 Å². The maximum absolute atomic E-state index is 12.5. The molecule has 7 heteroatoms. The Morgan fingerprint density at radius 1 is 0.862 bits per heavy atom. The fraction of sp³-hybridized carbons (Fsp3) is 0.227. The van der Waals surface area contributed by atoms with E-state index in [1.54, 1.807) is 24.3 Å². The van der Waals surface area contributed by atoms with Gasteiger partial charge in [-0.1, -0.05) is 44.2 Å². The first kappa shape index (κ1) is 20.8. The first-order valence-electron chi connectivity index (χ1n) is 9.56. The SMILES string of the molecule is CCN(CC)S(=O)(=O)c1ccc(NCC(=O)Nc2ccc3ccccc3c2)cc1. The fourth-order valence-corrected chi connectivity index (χ4v) is 4.57. The van der Waals surface area contributed by atoms with Crippen molar-refractivity contribution in [1.82, 2.24) is 4.31 Å². The largest absolute Gasteiger partial charge is 0.376 e. The van der Waals surface area contributed by atoms with Crippen molar-refractivity contribution in [3.8, 4) is 0 Å². The lowest BCUT2D eigenvalue weighted by atomic mass is 10.1. The summed E-state index contributed by atoms with van der Waals surface area (Å²) in [7, 11) is -3.48. The van der Waals surface area contributed by atoms with Crippen LogP contribution in [0.1, 0.15) is 13.8 Å². The third kappa shape index (κ3) is 4.93. The molecule has 0 atom stereocenters. The Kier molecular flexibility index (Phi) is 6.51. The first-order valence-corrected chi connectivity index (χ1v) is 11.0. The second kappa shape index (κ2) is 9.07. The molecule has 0 heterocycles. The molecule has 152 valence electrons. The van der Waals surface area contributed by atoms with Gasteiger partial charge in [-0.15, -0.1) is 0 Å². The van der Waals surface area contributed by atoms with E-state index in [4.69, 9.17) is 0 Å². The molecule has 0 bridgehead atoms. The van der Waals surface area contributed by atoms with E-state index in [1.165, 1.54) is 4.31 Å². The molecule has 0 saturated carbocycles. The zero-order valence-corrected chi connectivity index (χ0v) is 17.4. The molecule has 3 rings (SSSR count). The quantitative estimate of drug-likeness (QED) is 0.589. The van der Waals surface area contributed by atoms with Crippen molar-refractivity contribution in [2.45, 2.75) is 18.7 Å². The van der Waals surface area contributed by atoms with E-state index in [2.05, 4.69) is 10.6 Å². The molecule has 3 aromatic rings. The van der Waals surface area contributed by atoms with Crippen LogP contribution in [-0.4, -0.2) is 38.3 Å². The van der Waals surface area contributed by atoms with Gasteiger partial charge in [0.1, 0.15) is 0 Å². The molecule has 3 aromatic carbocycles. The number of sulfonamides is 1. The molecule has 1 amide bonds. The monoisotopic (exact) mass is 411 g/mol. The average molecular weight is 412 g/mol. The number of carbonyl (C=O) groups excluding carboxylic acids is 1. The molecule has 0 aromatic heterocycles. The van der Waals surface area contributed by atoms with Crippen molar-refractivity contribution in [3.05, 3.63) is 66.7 Å². The van der Waals surface area contributed by atoms with E-state index in [1.807, 2.05) is 56.3 Å². The Labute approximate surface area is 171 Å². The molecule has 29 heavy (non-hydrogen) atoms. The van der Waals surface area contributed by atoms with E-state index in [0.29, 0.717) is 18.8 Å². The van der Waals surface area contributed by atoms with Gasteiger partial charge in [0, 0.05) is 24.5 Å². The van der Waals surface area contributed by atoms with Crippen LogP contribution in [0.5, 0.6) is 0 Å². The topological polar surface area (TPSA) is 78.5 Å². The predicted molar refractivity (Wildman–Crippen MR) is 118 cm³/mol. The Hall–Kier alpha value is -2.90. The molecule has 0 radical (unpaired) electrons. The first-order chi connectivity index (χ1) is 13.9. The summed E-state index contributed by atoms with van der Waals surface area (Å²) in [6.45, 7) is 4.55. The number of anilines is 2. The third-order valence-electron chi connectivity index (χ3n) is 4.68. The average Bonchev–Trinajstić information content (AvgIpc) is 2.73. The molecule has 2 N–H and O–H groups in total. The lowest BCUT2D eigenvalue weighted by Crippen LogP contribution is -2.30. The van der Waals surface area contributed by atoms with Crippen molar-refractivity contribution in [2.75, 3.05) is 30.3 Å². The summed E-state index contributed by atoms with van der Waals surface area (Å²) in [4.78, 5) is 12.5. The summed E-state index contributed by atoms with van der Waals surface area (Å²) < 4.78 is 26.4. The number of carbonyl (C=O) groups is 1. The highest BCUT2D eigenvalue weighted by Crippen LogP contribution is 2.20. The molecule has 0 aliphatic carbocycles. The lowest BCUT2D eigenvalue weighted by Gasteiger charge is -2.18. The van der Waals surface area contributed by atoms with Crippen molar-refractivity contribution in [3.63, 3.8) is 0 Å². The van der Waals surface area contributed by atoms with Gasteiger partial charge in [0.15, 0.2) is 0 Å². The normalized spacial score (nSPS) is 11.6. The smallest absolute Gasteiger partial charge is 0.243 e.